The molecule has 1 aromatic heterocycles. The molecule has 0 aliphatic rings. The van der Waals surface area contributed by atoms with Crippen molar-refractivity contribution in [2.24, 2.45) is 7.05 Å². The van der Waals surface area contributed by atoms with Gasteiger partial charge in [0.15, 0.2) is 15.8 Å². The van der Waals surface area contributed by atoms with Crippen molar-refractivity contribution in [3.05, 3.63) is 41.1 Å². The van der Waals surface area contributed by atoms with Crippen molar-refractivity contribution in [1.29, 1.82) is 0 Å². The highest BCUT2D eigenvalue weighted by atomic mass is 32.2. The summed E-state index contributed by atoms with van der Waals surface area (Å²) in [4.78, 5) is 0. The third kappa shape index (κ3) is 3.95. The summed E-state index contributed by atoms with van der Waals surface area (Å²) >= 11 is 0. The first-order chi connectivity index (χ1) is 9.86. The molecule has 0 amide bonds. The van der Waals surface area contributed by atoms with Gasteiger partial charge in [0.05, 0.1) is 0 Å². The minimum absolute atomic E-state index is 1.31. The Bertz CT molecular complexity index is 799. The summed E-state index contributed by atoms with van der Waals surface area (Å²) in [5.41, 5.74) is -0.280. The fraction of sp³-hybridized carbons (Fsp3) is 0.357. The first-order valence-electron chi connectivity index (χ1n) is 6.24. The van der Waals surface area contributed by atoms with Crippen LogP contribution in [0.5, 0.6) is 0 Å². The van der Waals surface area contributed by atoms with Crippen LogP contribution < -0.4 is 4.57 Å². The number of hydrogen-bond donors (Lipinski definition) is 0. The van der Waals surface area contributed by atoms with Crippen LogP contribution in [0.25, 0.3) is 10.9 Å². The summed E-state index contributed by atoms with van der Waals surface area (Å²) in [7, 11) is -3.96. The molecule has 22 heavy (non-hydrogen) atoms. The average Bonchev–Trinajstić information content (AvgIpc) is 2.34. The molecule has 0 bridgehead atoms. The molecule has 0 unspecified atom stereocenters. The Hall–Kier alpha value is -1.67. The van der Waals surface area contributed by atoms with Crippen LogP contribution >= 0.6 is 0 Å². The lowest BCUT2D eigenvalue weighted by Gasteiger charge is -2.08. The number of pyridine rings is 1. The highest BCUT2D eigenvalue weighted by Gasteiger charge is 2.36. The van der Waals surface area contributed by atoms with Gasteiger partial charge >= 0.3 is 5.51 Å². The summed E-state index contributed by atoms with van der Waals surface area (Å²) in [6, 6.07) is 8.72. The second-order valence-electron chi connectivity index (χ2n) is 4.90. The lowest BCUT2D eigenvalue weighted by Crippen LogP contribution is -2.33. The molecule has 0 saturated heterocycles. The monoisotopic (exact) mass is 335 g/mol. The molecule has 0 spiro atoms. The quantitative estimate of drug-likeness (QED) is 0.422. The fourth-order valence-corrected chi connectivity index (χ4v) is 2.09. The van der Waals surface area contributed by atoms with Gasteiger partial charge in [-0.3, -0.25) is 0 Å². The Balaban J connectivity index is 0.000000261. The smallest absolute Gasteiger partial charge is 0.485 e. The molecule has 0 radical (unpaired) electrons. The summed E-state index contributed by atoms with van der Waals surface area (Å²) in [6.45, 7) is 6.49. The lowest BCUT2D eigenvalue weighted by atomic mass is 10.1. The van der Waals surface area contributed by atoms with Crippen molar-refractivity contribution < 1.29 is 30.7 Å². The molecule has 8 heteroatoms. The summed E-state index contributed by atoms with van der Waals surface area (Å²) < 4.78 is 61.2. The standard InChI is InChI=1S/C13H16N.CHF3O3S/c1-9-6-5-7-12-10(2)8-11(3)14(4)13(9)12;2-1(3,4)8(5,6)7/h5-8H,1-4H3;(H,5,6,7)/q+1;/p-1. The molecule has 1 heterocycles. The first-order valence-corrected chi connectivity index (χ1v) is 7.65. The van der Waals surface area contributed by atoms with E-state index in [1.54, 1.807) is 0 Å². The number of alkyl halides is 3. The van der Waals surface area contributed by atoms with Gasteiger partial charge in [-0.25, -0.2) is 8.42 Å². The third-order valence-corrected chi connectivity index (χ3v) is 3.80. The van der Waals surface area contributed by atoms with Crippen molar-refractivity contribution in [1.82, 2.24) is 0 Å². The molecule has 0 aliphatic carbocycles. The van der Waals surface area contributed by atoms with Gasteiger partial charge in [-0.1, -0.05) is 12.1 Å². The normalized spacial score (nSPS) is 12.0. The van der Waals surface area contributed by atoms with Crippen LogP contribution in [0.2, 0.25) is 0 Å². The zero-order valence-electron chi connectivity index (χ0n) is 12.5. The van der Waals surface area contributed by atoms with Crippen molar-refractivity contribution >= 4 is 21.0 Å². The largest absolute Gasteiger partial charge is 0.741 e. The van der Waals surface area contributed by atoms with Crippen molar-refractivity contribution in [3.8, 4) is 0 Å². The highest BCUT2D eigenvalue weighted by Crippen LogP contribution is 2.20. The predicted molar refractivity (Wildman–Crippen MR) is 75.1 cm³/mol. The van der Waals surface area contributed by atoms with Gasteiger partial charge < -0.3 is 4.55 Å². The van der Waals surface area contributed by atoms with Crippen LogP contribution in [0.4, 0.5) is 13.2 Å². The molecule has 2 rings (SSSR count). The Labute approximate surface area is 126 Å². The molecular formula is C14H16F3NO3S. The number of aromatic nitrogens is 1. The number of nitrogens with zero attached hydrogens (tertiary/aromatic N) is 1. The minimum Gasteiger partial charge on any atom is -0.741 e. The van der Waals surface area contributed by atoms with Crippen LogP contribution in [-0.4, -0.2) is 18.5 Å². The third-order valence-electron chi connectivity index (χ3n) is 3.24. The predicted octanol–water partition coefficient (Wildman–Crippen LogP) is 2.64. The maximum atomic E-state index is 10.7. The second-order valence-corrected chi connectivity index (χ2v) is 6.27. The molecule has 122 valence electrons. The van der Waals surface area contributed by atoms with Gasteiger partial charge in [0.1, 0.15) is 7.05 Å². The van der Waals surface area contributed by atoms with Crippen LogP contribution in [0.1, 0.15) is 16.8 Å². The molecular weight excluding hydrogens is 319 g/mol. The average molecular weight is 335 g/mol. The van der Waals surface area contributed by atoms with E-state index in [1.165, 1.54) is 27.7 Å². The Morgan fingerprint density at radius 1 is 1.09 bits per heavy atom. The molecule has 0 fully saturated rings. The topological polar surface area (TPSA) is 61.1 Å². The molecule has 0 N–H and O–H groups in total. The van der Waals surface area contributed by atoms with E-state index in [0.29, 0.717) is 0 Å². The SMILES string of the molecule is Cc1cc(C)[n+](C)c2c(C)cccc12.O=S(=O)([O-])C(F)(F)F. The van der Waals surface area contributed by atoms with Crippen molar-refractivity contribution in [2.75, 3.05) is 0 Å². The maximum absolute atomic E-state index is 10.7. The molecule has 4 nitrogen and oxygen atoms in total. The van der Waals surface area contributed by atoms with E-state index in [2.05, 4.69) is 56.7 Å². The first kappa shape index (κ1) is 18.4. The zero-order valence-corrected chi connectivity index (χ0v) is 13.3. The minimum atomic E-state index is -6.09. The van der Waals surface area contributed by atoms with Gasteiger partial charge in [-0.2, -0.15) is 17.7 Å². The van der Waals surface area contributed by atoms with Crippen LogP contribution in [0, 0.1) is 20.8 Å². The summed E-state index contributed by atoms with van der Waals surface area (Å²) in [5, 5.41) is 1.36. The van der Waals surface area contributed by atoms with E-state index in [1.807, 2.05) is 0 Å². The van der Waals surface area contributed by atoms with Gasteiger partial charge in [0.25, 0.3) is 0 Å². The van der Waals surface area contributed by atoms with Gasteiger partial charge in [-0.15, -0.1) is 0 Å². The van der Waals surface area contributed by atoms with Gasteiger partial charge in [0.2, 0.25) is 5.52 Å². The molecule has 0 atom stereocenters. The number of hydrogen-bond acceptors (Lipinski definition) is 3. The maximum Gasteiger partial charge on any atom is 0.485 e. The Morgan fingerprint density at radius 3 is 2.05 bits per heavy atom. The van der Waals surface area contributed by atoms with E-state index in [-0.39, 0.29) is 0 Å². The number of para-hydroxylation sites is 1. The Kier molecular flexibility index (Phi) is 5.19. The van der Waals surface area contributed by atoms with Crippen molar-refractivity contribution in [2.45, 2.75) is 26.3 Å². The van der Waals surface area contributed by atoms with E-state index in [9.17, 15) is 13.2 Å². The van der Waals surface area contributed by atoms with E-state index in [0.717, 1.165) is 0 Å². The molecule has 0 saturated carbocycles. The second kappa shape index (κ2) is 6.21. The molecule has 0 aliphatic heterocycles. The van der Waals surface area contributed by atoms with E-state index >= 15 is 0 Å². The summed E-state index contributed by atoms with van der Waals surface area (Å²) in [6.07, 6.45) is 0. The Morgan fingerprint density at radius 2 is 1.59 bits per heavy atom. The number of benzene rings is 1. The zero-order chi connectivity index (χ0) is 17.3. The molecule has 2 aromatic rings. The number of rotatable bonds is 0. The van der Waals surface area contributed by atoms with E-state index in [4.69, 9.17) is 13.0 Å². The van der Waals surface area contributed by atoms with Gasteiger partial charge in [0, 0.05) is 23.9 Å². The fourth-order valence-electron chi connectivity index (χ4n) is 2.09. The number of fused-ring (bicyclic) bond motifs is 1. The van der Waals surface area contributed by atoms with Crippen molar-refractivity contribution in [3.63, 3.8) is 0 Å². The van der Waals surface area contributed by atoms with Crippen LogP contribution in [0.3, 0.4) is 0 Å². The van der Waals surface area contributed by atoms with Crippen LogP contribution in [0.15, 0.2) is 24.3 Å². The van der Waals surface area contributed by atoms with E-state index < -0.39 is 15.6 Å². The summed E-state index contributed by atoms with van der Waals surface area (Å²) in [5.74, 6) is 0. The lowest BCUT2D eigenvalue weighted by molar-refractivity contribution is -0.651. The number of halogens is 3. The molecule has 1 aromatic carbocycles. The van der Waals surface area contributed by atoms with Gasteiger partial charge in [-0.05, 0) is 25.5 Å². The number of aryl methyl sites for hydroxylation is 4. The highest BCUT2D eigenvalue weighted by molar-refractivity contribution is 7.86. The van der Waals surface area contributed by atoms with Crippen LogP contribution in [-0.2, 0) is 17.2 Å².